The molecule has 1 aliphatic heterocycles. The normalized spacial score (nSPS) is 13.6. The summed E-state index contributed by atoms with van der Waals surface area (Å²) in [5.41, 5.74) is 3.63. The maximum absolute atomic E-state index is 12.9. The van der Waals surface area contributed by atoms with Gasteiger partial charge in [0.05, 0.1) is 0 Å². The predicted octanol–water partition coefficient (Wildman–Crippen LogP) is 2.92. The van der Waals surface area contributed by atoms with Crippen molar-refractivity contribution in [3.63, 3.8) is 0 Å². The number of hydrogen-bond donors (Lipinski definition) is 1. The van der Waals surface area contributed by atoms with E-state index < -0.39 is 5.97 Å². The Morgan fingerprint density at radius 2 is 1.80 bits per heavy atom. The summed E-state index contributed by atoms with van der Waals surface area (Å²) in [6.07, 6.45) is 0.723. The number of aliphatic carboxylic acids is 1. The van der Waals surface area contributed by atoms with Gasteiger partial charge in [0.2, 0.25) is 0 Å². The Labute approximate surface area is 115 Å². The second kappa shape index (κ2) is 4.89. The number of nitrogens with zero attached hydrogens (tertiary/aromatic N) is 1. The van der Waals surface area contributed by atoms with E-state index in [1.165, 1.54) is 12.1 Å². The van der Waals surface area contributed by atoms with Crippen LogP contribution in [0.2, 0.25) is 0 Å². The van der Waals surface area contributed by atoms with Crippen LogP contribution in [0.1, 0.15) is 11.1 Å². The molecule has 20 heavy (non-hydrogen) atoms. The first-order chi connectivity index (χ1) is 9.65. The molecule has 3 rings (SSSR count). The van der Waals surface area contributed by atoms with Crippen molar-refractivity contribution in [2.24, 2.45) is 4.99 Å². The van der Waals surface area contributed by atoms with Crippen molar-refractivity contribution in [3.05, 3.63) is 59.4 Å². The molecule has 4 heteroatoms. The first-order valence-corrected chi connectivity index (χ1v) is 6.32. The lowest BCUT2D eigenvalue weighted by Crippen LogP contribution is -2.21. The van der Waals surface area contributed by atoms with Crippen molar-refractivity contribution in [1.82, 2.24) is 0 Å². The SMILES string of the molecule is O=C(O)C1=NCCc2cc(-c3ccc(F)cc3)ccc21. The van der Waals surface area contributed by atoms with E-state index in [-0.39, 0.29) is 11.5 Å². The Balaban J connectivity index is 2.04. The number of carboxylic acids is 1. The van der Waals surface area contributed by atoms with Crippen LogP contribution in [0.15, 0.2) is 47.5 Å². The van der Waals surface area contributed by atoms with E-state index in [0.717, 1.165) is 23.1 Å². The first kappa shape index (κ1) is 12.5. The van der Waals surface area contributed by atoms with E-state index in [1.54, 1.807) is 18.2 Å². The lowest BCUT2D eigenvalue weighted by Gasteiger charge is -2.15. The molecule has 3 nitrogen and oxygen atoms in total. The van der Waals surface area contributed by atoms with Crippen molar-refractivity contribution in [1.29, 1.82) is 0 Å². The zero-order chi connectivity index (χ0) is 14.1. The molecule has 0 spiro atoms. The smallest absolute Gasteiger partial charge is 0.354 e. The summed E-state index contributed by atoms with van der Waals surface area (Å²) in [5, 5.41) is 9.13. The fraction of sp³-hybridized carbons (Fsp3) is 0.125. The second-order valence-corrected chi connectivity index (χ2v) is 4.66. The highest BCUT2D eigenvalue weighted by molar-refractivity contribution is 6.43. The van der Waals surface area contributed by atoms with Gasteiger partial charge in [-0.25, -0.2) is 9.18 Å². The average molecular weight is 269 g/mol. The third-order valence-electron chi connectivity index (χ3n) is 3.39. The molecule has 1 aliphatic rings. The Bertz CT molecular complexity index is 705. The summed E-state index contributed by atoms with van der Waals surface area (Å²) >= 11 is 0. The summed E-state index contributed by atoms with van der Waals surface area (Å²) in [6.45, 7) is 0.488. The maximum Gasteiger partial charge on any atom is 0.354 e. The fourth-order valence-electron chi connectivity index (χ4n) is 2.41. The summed E-state index contributed by atoms with van der Waals surface area (Å²) < 4.78 is 12.9. The van der Waals surface area contributed by atoms with E-state index in [2.05, 4.69) is 4.99 Å². The first-order valence-electron chi connectivity index (χ1n) is 6.32. The zero-order valence-electron chi connectivity index (χ0n) is 10.6. The molecular formula is C16H12FNO2. The minimum absolute atomic E-state index is 0.122. The van der Waals surface area contributed by atoms with Gasteiger partial charge >= 0.3 is 5.97 Å². The standard InChI is InChI=1S/C16H12FNO2/c17-13-4-1-10(2-5-13)11-3-6-14-12(9-11)7-8-18-15(14)16(19)20/h1-6,9H,7-8H2,(H,19,20). The molecule has 2 aromatic carbocycles. The molecular weight excluding hydrogens is 257 g/mol. The van der Waals surface area contributed by atoms with Gasteiger partial charge < -0.3 is 5.11 Å². The summed E-state index contributed by atoms with van der Waals surface area (Å²) in [5.74, 6) is -1.27. The highest BCUT2D eigenvalue weighted by atomic mass is 19.1. The molecule has 0 saturated heterocycles. The number of carboxylic acid groups (broad SMARTS) is 1. The highest BCUT2D eigenvalue weighted by Gasteiger charge is 2.20. The molecule has 0 saturated carbocycles. The molecule has 0 unspecified atom stereocenters. The number of benzene rings is 2. The molecule has 0 bridgehead atoms. The Morgan fingerprint density at radius 3 is 2.50 bits per heavy atom. The number of fused-ring (bicyclic) bond motifs is 1. The maximum atomic E-state index is 12.9. The summed E-state index contributed by atoms with van der Waals surface area (Å²) in [6, 6.07) is 11.8. The molecule has 100 valence electrons. The summed E-state index contributed by atoms with van der Waals surface area (Å²) in [4.78, 5) is 15.2. The monoisotopic (exact) mass is 269 g/mol. The minimum atomic E-state index is -1.000. The van der Waals surface area contributed by atoms with Crippen molar-refractivity contribution in [2.75, 3.05) is 6.54 Å². The quantitative estimate of drug-likeness (QED) is 0.911. The largest absolute Gasteiger partial charge is 0.477 e. The van der Waals surface area contributed by atoms with Crippen LogP contribution in [-0.4, -0.2) is 23.3 Å². The van der Waals surface area contributed by atoms with Gasteiger partial charge in [0.15, 0.2) is 5.71 Å². The van der Waals surface area contributed by atoms with Crippen LogP contribution in [0.25, 0.3) is 11.1 Å². The zero-order valence-corrected chi connectivity index (χ0v) is 10.6. The van der Waals surface area contributed by atoms with Gasteiger partial charge in [-0.05, 0) is 35.2 Å². The van der Waals surface area contributed by atoms with Gasteiger partial charge in [-0.1, -0.05) is 30.3 Å². The topological polar surface area (TPSA) is 49.7 Å². The fourth-order valence-corrected chi connectivity index (χ4v) is 2.41. The third kappa shape index (κ3) is 2.20. The van der Waals surface area contributed by atoms with Crippen LogP contribution < -0.4 is 0 Å². The van der Waals surface area contributed by atoms with Gasteiger partial charge in [0.25, 0.3) is 0 Å². The molecule has 0 atom stereocenters. The van der Waals surface area contributed by atoms with Crippen molar-refractivity contribution in [2.45, 2.75) is 6.42 Å². The van der Waals surface area contributed by atoms with E-state index in [0.29, 0.717) is 12.1 Å². The van der Waals surface area contributed by atoms with Gasteiger partial charge in [0.1, 0.15) is 5.82 Å². The Morgan fingerprint density at radius 1 is 1.10 bits per heavy atom. The number of hydrogen-bond acceptors (Lipinski definition) is 2. The van der Waals surface area contributed by atoms with Gasteiger partial charge in [0, 0.05) is 12.1 Å². The third-order valence-corrected chi connectivity index (χ3v) is 3.39. The van der Waals surface area contributed by atoms with Crippen LogP contribution in [0.5, 0.6) is 0 Å². The van der Waals surface area contributed by atoms with Gasteiger partial charge in [-0.2, -0.15) is 0 Å². The van der Waals surface area contributed by atoms with Gasteiger partial charge in [-0.3, -0.25) is 4.99 Å². The lowest BCUT2D eigenvalue weighted by molar-refractivity contribution is -0.129. The Hall–Kier alpha value is -2.49. The van der Waals surface area contributed by atoms with Crippen molar-refractivity contribution < 1.29 is 14.3 Å². The van der Waals surface area contributed by atoms with E-state index >= 15 is 0 Å². The number of carbonyl (C=O) groups is 1. The van der Waals surface area contributed by atoms with Crippen LogP contribution in [-0.2, 0) is 11.2 Å². The molecule has 0 radical (unpaired) electrons. The van der Waals surface area contributed by atoms with E-state index in [1.807, 2.05) is 12.1 Å². The number of aliphatic imine (C=N–C) groups is 1. The molecule has 0 aromatic heterocycles. The van der Waals surface area contributed by atoms with Crippen LogP contribution >= 0.6 is 0 Å². The molecule has 0 fully saturated rings. The van der Waals surface area contributed by atoms with Crippen LogP contribution in [0, 0.1) is 5.82 Å². The summed E-state index contributed by atoms with van der Waals surface area (Å²) in [7, 11) is 0. The predicted molar refractivity (Wildman–Crippen MR) is 74.6 cm³/mol. The van der Waals surface area contributed by atoms with Crippen LogP contribution in [0.4, 0.5) is 4.39 Å². The molecule has 1 heterocycles. The lowest BCUT2D eigenvalue weighted by atomic mass is 9.93. The Kier molecular flexibility index (Phi) is 3.06. The minimum Gasteiger partial charge on any atom is -0.477 e. The number of rotatable bonds is 2. The molecule has 0 aliphatic carbocycles. The average Bonchev–Trinajstić information content (AvgIpc) is 2.46. The molecule has 0 amide bonds. The second-order valence-electron chi connectivity index (χ2n) is 4.66. The molecule has 2 aromatic rings. The van der Waals surface area contributed by atoms with Crippen molar-refractivity contribution >= 4 is 11.7 Å². The van der Waals surface area contributed by atoms with Crippen LogP contribution in [0.3, 0.4) is 0 Å². The van der Waals surface area contributed by atoms with E-state index in [9.17, 15) is 9.18 Å². The van der Waals surface area contributed by atoms with Gasteiger partial charge in [-0.15, -0.1) is 0 Å². The number of halogens is 1. The van der Waals surface area contributed by atoms with Crippen molar-refractivity contribution in [3.8, 4) is 11.1 Å². The molecule has 1 N–H and O–H groups in total. The highest BCUT2D eigenvalue weighted by Crippen LogP contribution is 2.25. The van der Waals surface area contributed by atoms with E-state index in [4.69, 9.17) is 5.11 Å².